The predicted molar refractivity (Wildman–Crippen MR) is 203 cm³/mol. The van der Waals surface area contributed by atoms with Crippen LogP contribution in [-0.2, 0) is 24.8 Å². The number of nitrogens with zero attached hydrogens (tertiary/aromatic N) is 3. The van der Waals surface area contributed by atoms with Crippen LogP contribution in [-0.4, -0.2) is 68.1 Å². The molecule has 1 saturated carbocycles. The quantitative estimate of drug-likeness (QED) is 0.140. The Balaban J connectivity index is 0.000000285. The SMILES string of the molecule is CC(C)(C)OC(=O)N1C(CCCCN)CCC1(C)C.CC1(C)CCC(CCCCNc2cccc(S(N)(=O)=O)n2)C1.NS(=O)(=O)c1cccc(F)n1. The van der Waals surface area contributed by atoms with Crippen molar-refractivity contribution in [2.45, 2.75) is 146 Å². The lowest BCUT2D eigenvalue weighted by Gasteiger charge is -2.37. The summed E-state index contributed by atoms with van der Waals surface area (Å²) in [6, 6.07) is 8.50. The summed E-state index contributed by atoms with van der Waals surface area (Å²) in [6.07, 6.45) is 12.7. The number of amides is 1. The highest BCUT2D eigenvalue weighted by atomic mass is 32.2. The minimum atomic E-state index is -3.88. The van der Waals surface area contributed by atoms with Crippen LogP contribution in [0.3, 0.4) is 0 Å². The summed E-state index contributed by atoms with van der Waals surface area (Å²) in [4.78, 5) is 21.4. The fourth-order valence-electron chi connectivity index (χ4n) is 6.59. The zero-order chi connectivity index (χ0) is 39.4. The summed E-state index contributed by atoms with van der Waals surface area (Å²) in [5.41, 5.74) is 5.53. The van der Waals surface area contributed by atoms with Gasteiger partial charge in [0.05, 0.1) is 0 Å². The fraction of sp³-hybridized carbons (Fsp3) is 0.694. The molecule has 3 heterocycles. The first-order chi connectivity index (χ1) is 23.9. The van der Waals surface area contributed by atoms with Gasteiger partial charge in [0.2, 0.25) is 5.95 Å². The number of aromatic nitrogens is 2. The molecular weight excluding hydrogens is 710 g/mol. The van der Waals surface area contributed by atoms with E-state index in [0.29, 0.717) is 17.3 Å². The number of hydrogen-bond donors (Lipinski definition) is 4. The lowest BCUT2D eigenvalue weighted by Crippen LogP contribution is -2.49. The molecule has 2 aromatic heterocycles. The van der Waals surface area contributed by atoms with E-state index in [4.69, 9.17) is 15.6 Å². The maximum absolute atomic E-state index is 12.4. The molecule has 0 bridgehead atoms. The Kier molecular flexibility index (Phi) is 16.9. The Labute approximate surface area is 311 Å². The van der Waals surface area contributed by atoms with Gasteiger partial charge in [-0.15, -0.1) is 0 Å². The van der Waals surface area contributed by atoms with Crippen LogP contribution in [0.1, 0.15) is 119 Å². The minimum Gasteiger partial charge on any atom is -0.444 e. The van der Waals surface area contributed by atoms with Gasteiger partial charge in [-0.1, -0.05) is 45.2 Å². The maximum atomic E-state index is 12.4. The Morgan fingerprint density at radius 3 is 2.02 bits per heavy atom. The van der Waals surface area contributed by atoms with Crippen molar-refractivity contribution in [3.8, 4) is 0 Å². The molecule has 0 spiro atoms. The first-order valence-electron chi connectivity index (χ1n) is 18.0. The average molecular weight is 772 g/mol. The van der Waals surface area contributed by atoms with Gasteiger partial charge in [0.1, 0.15) is 11.4 Å². The van der Waals surface area contributed by atoms with Crippen LogP contribution in [0.25, 0.3) is 0 Å². The molecule has 296 valence electrons. The molecule has 2 atom stereocenters. The standard InChI is InChI=1S/C16H27N3O2S.C15H30N2O2.C5H5FN2O2S/c1-16(2)10-9-13(12-16)6-3-4-11-18-14-7-5-8-15(19-14)22(17,20)21;1-14(2,3)19-13(18)17-12(8-6-7-11-16)9-10-15(17,4)5;6-4-2-1-3-5(8-4)11(7,9)10/h5,7-8,13H,3-4,6,9-12H2,1-2H3,(H,18,19)(H2,17,20,21);12H,6-11,16H2,1-5H3;1-3H,(H2,7,9,10). The Hall–Kier alpha value is -2.92. The number of hydrogen-bond acceptors (Lipinski definition) is 10. The van der Waals surface area contributed by atoms with Crippen LogP contribution in [0.2, 0.25) is 0 Å². The minimum absolute atomic E-state index is 0.0920. The molecular formula is C36H62FN7O6S2. The molecule has 16 heteroatoms. The van der Waals surface area contributed by atoms with Gasteiger partial charge in [-0.3, -0.25) is 0 Å². The maximum Gasteiger partial charge on any atom is 0.410 e. The normalized spacial score (nSPS) is 19.6. The molecule has 13 nitrogen and oxygen atoms in total. The van der Waals surface area contributed by atoms with Crippen molar-refractivity contribution in [3.63, 3.8) is 0 Å². The van der Waals surface area contributed by atoms with Gasteiger partial charge < -0.3 is 20.7 Å². The number of likely N-dealkylation sites (tertiary alicyclic amines) is 1. The summed E-state index contributed by atoms with van der Waals surface area (Å²) in [5, 5.41) is 12.4. The van der Waals surface area contributed by atoms with Gasteiger partial charge >= 0.3 is 6.09 Å². The molecule has 1 aliphatic heterocycles. The van der Waals surface area contributed by atoms with Gasteiger partial charge in [-0.25, -0.2) is 41.9 Å². The summed E-state index contributed by atoms with van der Waals surface area (Å²) >= 11 is 0. The van der Waals surface area contributed by atoms with E-state index in [1.807, 2.05) is 25.7 Å². The molecule has 2 aromatic rings. The summed E-state index contributed by atoms with van der Waals surface area (Å²) in [6.45, 7) is 16.2. The molecule has 2 aliphatic rings. The molecule has 1 saturated heterocycles. The number of halogens is 1. The number of carbonyl (C=O) groups excluding carboxylic acids is 1. The number of anilines is 1. The van der Waals surface area contributed by atoms with Crippen molar-refractivity contribution in [1.29, 1.82) is 0 Å². The van der Waals surface area contributed by atoms with Crippen LogP contribution in [0.4, 0.5) is 15.0 Å². The summed E-state index contributed by atoms with van der Waals surface area (Å²) < 4.78 is 61.4. The van der Waals surface area contributed by atoms with Crippen LogP contribution in [0, 0.1) is 17.3 Å². The van der Waals surface area contributed by atoms with Gasteiger partial charge in [-0.05, 0) is 128 Å². The number of unbranched alkanes of at least 4 members (excludes halogenated alkanes) is 2. The average Bonchev–Trinajstić information content (AvgIpc) is 3.52. The van der Waals surface area contributed by atoms with Gasteiger partial charge in [0.25, 0.3) is 20.0 Å². The third-order valence-corrected chi connectivity index (χ3v) is 10.7. The largest absolute Gasteiger partial charge is 0.444 e. The van der Waals surface area contributed by atoms with Crippen LogP contribution >= 0.6 is 0 Å². The van der Waals surface area contributed by atoms with E-state index in [9.17, 15) is 26.0 Å². The van der Waals surface area contributed by atoms with E-state index in [0.717, 1.165) is 69.7 Å². The lowest BCUT2D eigenvalue weighted by molar-refractivity contribution is 0.00284. The molecule has 2 unspecified atom stereocenters. The predicted octanol–water partition coefficient (Wildman–Crippen LogP) is 6.30. The zero-order valence-corrected chi connectivity index (χ0v) is 33.7. The van der Waals surface area contributed by atoms with Crippen molar-refractivity contribution >= 4 is 32.0 Å². The first-order valence-corrected chi connectivity index (χ1v) is 21.1. The number of nitrogens with one attached hydrogen (secondary N) is 1. The molecule has 2 fully saturated rings. The fourth-order valence-corrected chi connectivity index (χ4v) is 7.57. The first kappa shape index (κ1) is 45.2. The van der Waals surface area contributed by atoms with E-state index >= 15 is 0 Å². The van der Waals surface area contributed by atoms with Crippen molar-refractivity contribution in [2.75, 3.05) is 18.4 Å². The molecule has 7 N–H and O–H groups in total. The van der Waals surface area contributed by atoms with Crippen LogP contribution in [0.5, 0.6) is 0 Å². The highest BCUT2D eigenvalue weighted by molar-refractivity contribution is 7.89. The van der Waals surface area contributed by atoms with E-state index < -0.39 is 36.6 Å². The van der Waals surface area contributed by atoms with Crippen molar-refractivity contribution in [1.82, 2.24) is 14.9 Å². The highest BCUT2D eigenvalue weighted by Gasteiger charge is 2.43. The number of rotatable bonds is 12. The highest BCUT2D eigenvalue weighted by Crippen LogP contribution is 2.42. The van der Waals surface area contributed by atoms with Crippen LogP contribution in [0.15, 0.2) is 46.5 Å². The molecule has 52 heavy (non-hydrogen) atoms. The second kappa shape index (κ2) is 19.4. The number of pyridine rings is 2. The Morgan fingerprint density at radius 1 is 0.904 bits per heavy atom. The topological polar surface area (TPSA) is 214 Å². The third-order valence-electron chi connectivity index (χ3n) is 9.10. The Bertz CT molecular complexity index is 1650. The van der Waals surface area contributed by atoms with Crippen molar-refractivity contribution in [3.05, 3.63) is 42.3 Å². The van der Waals surface area contributed by atoms with Gasteiger partial charge in [-0.2, -0.15) is 4.39 Å². The molecule has 0 aromatic carbocycles. The van der Waals surface area contributed by atoms with E-state index in [1.54, 1.807) is 12.1 Å². The number of nitrogens with two attached hydrogens (primary N) is 3. The number of primary sulfonamides is 2. The smallest absolute Gasteiger partial charge is 0.410 e. The summed E-state index contributed by atoms with van der Waals surface area (Å²) in [5.74, 6) is 0.573. The van der Waals surface area contributed by atoms with Crippen LogP contribution < -0.4 is 21.3 Å². The molecule has 4 rings (SSSR count). The summed E-state index contributed by atoms with van der Waals surface area (Å²) in [7, 11) is -7.61. The van der Waals surface area contributed by atoms with Gasteiger partial charge in [0, 0.05) is 18.1 Å². The molecule has 1 aliphatic carbocycles. The lowest BCUT2D eigenvalue weighted by atomic mass is 9.89. The number of ether oxygens (including phenoxy) is 1. The van der Waals surface area contributed by atoms with Crippen molar-refractivity contribution < 1.29 is 30.8 Å². The second-order valence-corrected chi connectivity index (χ2v) is 19.1. The molecule has 1 amide bonds. The Morgan fingerprint density at radius 2 is 1.50 bits per heavy atom. The van der Waals surface area contributed by atoms with Gasteiger partial charge in [0.15, 0.2) is 10.1 Å². The molecule has 0 radical (unpaired) electrons. The van der Waals surface area contributed by atoms with E-state index in [2.05, 4.69) is 48.1 Å². The van der Waals surface area contributed by atoms with E-state index in [-0.39, 0.29) is 16.7 Å². The van der Waals surface area contributed by atoms with Crippen molar-refractivity contribution in [2.24, 2.45) is 27.3 Å². The number of carbonyl (C=O) groups is 1. The van der Waals surface area contributed by atoms with E-state index in [1.165, 1.54) is 44.2 Å². The monoisotopic (exact) mass is 771 g/mol. The zero-order valence-electron chi connectivity index (χ0n) is 32.0. The third kappa shape index (κ3) is 16.4. The number of sulfonamides is 2. The second-order valence-electron chi connectivity index (χ2n) is 16.1.